The van der Waals surface area contributed by atoms with Crippen LogP contribution in [0.15, 0.2) is 34.2 Å². The Morgan fingerprint density at radius 3 is 2.56 bits per heavy atom. The van der Waals surface area contributed by atoms with Crippen molar-refractivity contribution in [1.82, 2.24) is 19.6 Å². The Kier molecular flexibility index (Phi) is 3.64. The number of halogens is 1. The lowest BCUT2D eigenvalue weighted by molar-refractivity contribution is -0.0191. The molecule has 0 saturated heterocycles. The zero-order valence-electron chi connectivity index (χ0n) is 15.0. The van der Waals surface area contributed by atoms with Gasteiger partial charge in [0.15, 0.2) is 0 Å². The molecular formula is C20H21ClN4OS. The van der Waals surface area contributed by atoms with E-state index in [9.17, 15) is 0 Å². The first-order valence-corrected chi connectivity index (χ1v) is 11.1. The van der Waals surface area contributed by atoms with Gasteiger partial charge < -0.3 is 8.82 Å². The van der Waals surface area contributed by atoms with Gasteiger partial charge in [-0.05, 0) is 68.4 Å². The normalized spacial score (nSPS) is 31.8. The van der Waals surface area contributed by atoms with Crippen LogP contribution in [0.5, 0.6) is 0 Å². The number of rotatable bonds is 4. The van der Waals surface area contributed by atoms with Crippen LogP contribution in [-0.4, -0.2) is 19.6 Å². The maximum atomic E-state index is 6.17. The van der Waals surface area contributed by atoms with E-state index in [-0.39, 0.29) is 5.41 Å². The van der Waals surface area contributed by atoms with E-state index in [1.165, 1.54) is 38.5 Å². The molecule has 0 amide bonds. The van der Waals surface area contributed by atoms with Crippen LogP contribution in [0.2, 0.25) is 5.02 Å². The summed E-state index contributed by atoms with van der Waals surface area (Å²) in [5.41, 5.74) is 2.05. The van der Waals surface area contributed by atoms with Crippen molar-refractivity contribution in [3.63, 3.8) is 0 Å². The number of fused-ring (bicyclic) bond motifs is 1. The van der Waals surface area contributed by atoms with E-state index in [2.05, 4.69) is 15.2 Å². The fourth-order valence-corrected chi connectivity index (χ4v) is 6.89. The molecule has 0 atom stereocenters. The minimum Gasteiger partial charge on any atom is -0.415 e. The molecule has 5 nitrogen and oxygen atoms in total. The van der Waals surface area contributed by atoms with Gasteiger partial charge in [-0.2, -0.15) is 0 Å². The molecule has 4 aliphatic carbocycles. The number of pyridine rings is 1. The third-order valence-electron chi connectivity index (χ3n) is 6.71. The second kappa shape index (κ2) is 5.98. The standard InChI is InChI=1S/C20H21ClN4OS/c21-15-1-2-17-22-16(10-25(17)9-15)11-27-19-24-23-18(26-19)20-6-12-3-13(7-20)5-14(4-12)8-20/h1-2,9-10,12-14H,3-8,11H2. The van der Waals surface area contributed by atoms with Gasteiger partial charge in [-0.3, -0.25) is 0 Å². The number of thioether (sulfide) groups is 1. The number of hydrogen-bond donors (Lipinski definition) is 0. The zero-order valence-corrected chi connectivity index (χ0v) is 16.5. The first kappa shape index (κ1) is 16.4. The molecule has 140 valence electrons. The van der Waals surface area contributed by atoms with Gasteiger partial charge in [0.05, 0.1) is 10.7 Å². The van der Waals surface area contributed by atoms with Crippen molar-refractivity contribution in [2.24, 2.45) is 17.8 Å². The van der Waals surface area contributed by atoms with Crippen LogP contribution in [0, 0.1) is 17.8 Å². The molecule has 4 saturated carbocycles. The topological polar surface area (TPSA) is 56.2 Å². The van der Waals surface area contributed by atoms with Gasteiger partial charge in [0.2, 0.25) is 5.89 Å². The fourth-order valence-electron chi connectivity index (χ4n) is 6.08. The van der Waals surface area contributed by atoms with Crippen LogP contribution in [0.1, 0.15) is 50.1 Å². The van der Waals surface area contributed by atoms with E-state index in [0.29, 0.717) is 16.0 Å². The summed E-state index contributed by atoms with van der Waals surface area (Å²) >= 11 is 7.61. The lowest BCUT2D eigenvalue weighted by Crippen LogP contribution is -2.48. The Morgan fingerprint density at radius 2 is 1.81 bits per heavy atom. The quantitative estimate of drug-likeness (QED) is 0.568. The van der Waals surface area contributed by atoms with Crippen molar-refractivity contribution in [2.75, 3.05) is 0 Å². The molecule has 4 aliphatic rings. The Hall–Kier alpha value is -1.53. The molecule has 3 heterocycles. The summed E-state index contributed by atoms with van der Waals surface area (Å²) in [6.07, 6.45) is 11.9. The van der Waals surface area contributed by atoms with Crippen molar-refractivity contribution in [3.8, 4) is 0 Å². The van der Waals surface area contributed by atoms with E-state index < -0.39 is 0 Å². The summed E-state index contributed by atoms with van der Waals surface area (Å²) in [6.45, 7) is 0. The maximum absolute atomic E-state index is 6.17. The first-order chi connectivity index (χ1) is 13.1. The number of nitrogens with zero attached hydrogens (tertiary/aromatic N) is 4. The van der Waals surface area contributed by atoms with Crippen molar-refractivity contribution < 1.29 is 4.42 Å². The van der Waals surface area contributed by atoms with Gasteiger partial charge in [0, 0.05) is 23.6 Å². The number of hydrogen-bond acceptors (Lipinski definition) is 5. The van der Waals surface area contributed by atoms with Gasteiger partial charge in [-0.25, -0.2) is 4.98 Å². The van der Waals surface area contributed by atoms with E-state index in [1.54, 1.807) is 11.8 Å². The molecule has 0 spiro atoms. The van der Waals surface area contributed by atoms with Gasteiger partial charge in [0.25, 0.3) is 5.22 Å². The zero-order chi connectivity index (χ0) is 18.0. The summed E-state index contributed by atoms with van der Waals surface area (Å²) in [5.74, 6) is 4.24. The molecule has 0 N–H and O–H groups in total. The summed E-state index contributed by atoms with van der Waals surface area (Å²) < 4.78 is 8.12. The van der Waals surface area contributed by atoms with Crippen LogP contribution in [0.25, 0.3) is 5.65 Å². The predicted octanol–water partition coefficient (Wildman–Crippen LogP) is 5.13. The molecule has 7 rings (SSSR count). The Morgan fingerprint density at radius 1 is 1.07 bits per heavy atom. The van der Waals surface area contributed by atoms with Gasteiger partial charge in [-0.1, -0.05) is 23.4 Å². The highest BCUT2D eigenvalue weighted by molar-refractivity contribution is 7.98. The SMILES string of the molecule is Clc1ccc2nc(CSc3nnc(C45CC6CC(CC(C6)C4)C5)o3)cn2c1. The average Bonchev–Trinajstić information content (AvgIpc) is 3.25. The summed E-state index contributed by atoms with van der Waals surface area (Å²) in [4.78, 5) is 4.62. The van der Waals surface area contributed by atoms with Crippen LogP contribution in [0.3, 0.4) is 0 Å². The highest BCUT2D eigenvalue weighted by Gasteiger charge is 2.54. The monoisotopic (exact) mass is 400 g/mol. The highest BCUT2D eigenvalue weighted by atomic mass is 35.5. The van der Waals surface area contributed by atoms with Crippen molar-refractivity contribution in [3.05, 3.63) is 41.1 Å². The lowest BCUT2D eigenvalue weighted by atomic mass is 9.49. The molecule has 3 aromatic heterocycles. The minimum absolute atomic E-state index is 0.167. The molecule has 4 bridgehead atoms. The van der Waals surface area contributed by atoms with E-state index in [1.807, 2.05) is 28.9 Å². The van der Waals surface area contributed by atoms with Crippen LogP contribution < -0.4 is 0 Å². The Bertz CT molecular complexity index is 977. The average molecular weight is 401 g/mol. The smallest absolute Gasteiger partial charge is 0.276 e. The Labute approximate surface area is 166 Å². The number of imidazole rings is 1. The van der Waals surface area contributed by atoms with Crippen LogP contribution >= 0.6 is 23.4 Å². The predicted molar refractivity (Wildman–Crippen MR) is 104 cm³/mol. The van der Waals surface area contributed by atoms with E-state index in [4.69, 9.17) is 16.0 Å². The molecule has 27 heavy (non-hydrogen) atoms. The third kappa shape index (κ3) is 2.80. The largest absolute Gasteiger partial charge is 0.415 e. The third-order valence-corrected chi connectivity index (χ3v) is 7.78. The van der Waals surface area contributed by atoms with Gasteiger partial charge >= 0.3 is 0 Å². The molecule has 7 heteroatoms. The summed E-state index contributed by atoms with van der Waals surface area (Å²) in [5, 5.41) is 10.2. The summed E-state index contributed by atoms with van der Waals surface area (Å²) in [7, 11) is 0. The van der Waals surface area contributed by atoms with Crippen molar-refractivity contribution >= 4 is 29.0 Å². The minimum atomic E-state index is 0.167. The molecule has 3 aromatic rings. The second-order valence-electron chi connectivity index (χ2n) is 8.70. The van der Waals surface area contributed by atoms with Crippen molar-refractivity contribution in [1.29, 1.82) is 0 Å². The molecular weight excluding hydrogens is 380 g/mol. The molecule has 0 radical (unpaired) electrons. The van der Waals surface area contributed by atoms with E-state index >= 15 is 0 Å². The molecule has 0 aromatic carbocycles. The second-order valence-corrected chi connectivity index (χ2v) is 10.1. The maximum Gasteiger partial charge on any atom is 0.276 e. The van der Waals surface area contributed by atoms with Gasteiger partial charge in [0.1, 0.15) is 5.65 Å². The van der Waals surface area contributed by atoms with E-state index in [0.717, 1.165) is 35.0 Å². The lowest BCUT2D eigenvalue weighted by Gasteiger charge is -2.55. The Balaban J connectivity index is 1.20. The van der Waals surface area contributed by atoms with Crippen LogP contribution in [-0.2, 0) is 11.2 Å². The highest BCUT2D eigenvalue weighted by Crippen LogP contribution is 2.60. The summed E-state index contributed by atoms with van der Waals surface area (Å²) in [6, 6.07) is 3.78. The number of aromatic nitrogens is 4. The first-order valence-electron chi connectivity index (χ1n) is 9.75. The molecule has 4 fully saturated rings. The van der Waals surface area contributed by atoms with Crippen LogP contribution in [0.4, 0.5) is 0 Å². The molecule has 0 aliphatic heterocycles. The fraction of sp³-hybridized carbons (Fsp3) is 0.550. The van der Waals surface area contributed by atoms with Gasteiger partial charge in [-0.15, -0.1) is 10.2 Å². The van der Waals surface area contributed by atoms with Crippen molar-refractivity contribution in [2.45, 2.75) is 54.9 Å². The molecule has 0 unspecified atom stereocenters.